The molecule has 0 saturated carbocycles. The topological polar surface area (TPSA) is 52.1 Å². The van der Waals surface area contributed by atoms with Gasteiger partial charge in [-0.25, -0.2) is 4.98 Å². The first-order valence-corrected chi connectivity index (χ1v) is 5.37. The molecule has 0 spiro atoms. The van der Waals surface area contributed by atoms with Crippen LogP contribution in [0.25, 0.3) is 0 Å². The van der Waals surface area contributed by atoms with Crippen molar-refractivity contribution in [3.8, 4) is 11.6 Å². The number of Topliss-reactive ketones (excluding diaryl/α,β-unsaturated/α-hetero) is 1. The van der Waals surface area contributed by atoms with Crippen molar-refractivity contribution < 1.29 is 9.53 Å². The fourth-order valence-corrected chi connectivity index (χ4v) is 1.34. The van der Waals surface area contributed by atoms with Crippen LogP contribution in [-0.2, 0) is 0 Å². The van der Waals surface area contributed by atoms with Gasteiger partial charge >= 0.3 is 0 Å². The SMILES string of the molecule is CCC(=O)c1cc(Oc2ccccn2)ccn1. The lowest BCUT2D eigenvalue weighted by molar-refractivity contribution is 0.0983. The second-order valence-corrected chi connectivity index (χ2v) is 3.42. The summed E-state index contributed by atoms with van der Waals surface area (Å²) in [7, 11) is 0. The van der Waals surface area contributed by atoms with Gasteiger partial charge in [-0.1, -0.05) is 13.0 Å². The van der Waals surface area contributed by atoms with Crippen molar-refractivity contribution in [2.24, 2.45) is 0 Å². The molecule has 0 aliphatic rings. The van der Waals surface area contributed by atoms with E-state index in [9.17, 15) is 4.79 Å². The minimum absolute atomic E-state index is 0.00327. The van der Waals surface area contributed by atoms with Crippen LogP contribution in [0.2, 0.25) is 0 Å². The van der Waals surface area contributed by atoms with Crippen molar-refractivity contribution in [2.75, 3.05) is 0 Å². The number of rotatable bonds is 4. The summed E-state index contributed by atoms with van der Waals surface area (Å²) >= 11 is 0. The average Bonchev–Trinajstić information content (AvgIpc) is 2.39. The van der Waals surface area contributed by atoms with Gasteiger partial charge in [0.1, 0.15) is 11.4 Å². The van der Waals surface area contributed by atoms with E-state index in [0.29, 0.717) is 23.7 Å². The number of ether oxygens (including phenoxy) is 1. The maximum atomic E-state index is 11.5. The Balaban J connectivity index is 2.20. The molecule has 2 rings (SSSR count). The molecule has 0 amide bonds. The van der Waals surface area contributed by atoms with E-state index >= 15 is 0 Å². The molecule has 17 heavy (non-hydrogen) atoms. The molecule has 2 aromatic heterocycles. The van der Waals surface area contributed by atoms with Crippen molar-refractivity contribution >= 4 is 5.78 Å². The van der Waals surface area contributed by atoms with Gasteiger partial charge in [-0.15, -0.1) is 0 Å². The van der Waals surface area contributed by atoms with Crippen LogP contribution in [0.4, 0.5) is 0 Å². The predicted molar refractivity (Wildman–Crippen MR) is 63.2 cm³/mol. The fraction of sp³-hybridized carbons (Fsp3) is 0.154. The third-order valence-corrected chi connectivity index (χ3v) is 2.20. The molecule has 0 radical (unpaired) electrons. The minimum Gasteiger partial charge on any atom is -0.439 e. The maximum absolute atomic E-state index is 11.5. The van der Waals surface area contributed by atoms with E-state index in [-0.39, 0.29) is 5.78 Å². The quantitative estimate of drug-likeness (QED) is 0.755. The van der Waals surface area contributed by atoms with Gasteiger partial charge in [-0.2, -0.15) is 0 Å². The number of carbonyl (C=O) groups excluding carboxylic acids is 1. The average molecular weight is 228 g/mol. The Hall–Kier alpha value is -2.23. The second kappa shape index (κ2) is 5.21. The maximum Gasteiger partial charge on any atom is 0.219 e. The summed E-state index contributed by atoms with van der Waals surface area (Å²) < 4.78 is 5.51. The van der Waals surface area contributed by atoms with Crippen molar-refractivity contribution in [1.29, 1.82) is 0 Å². The summed E-state index contributed by atoms with van der Waals surface area (Å²) in [6, 6.07) is 8.72. The molecule has 0 saturated heterocycles. The summed E-state index contributed by atoms with van der Waals surface area (Å²) in [6.07, 6.45) is 3.63. The Bertz CT molecular complexity index is 512. The number of hydrogen-bond acceptors (Lipinski definition) is 4. The summed E-state index contributed by atoms with van der Waals surface area (Å²) in [6.45, 7) is 1.80. The van der Waals surface area contributed by atoms with E-state index in [1.165, 1.54) is 0 Å². The molecule has 0 N–H and O–H groups in total. The van der Waals surface area contributed by atoms with Crippen LogP contribution in [0, 0.1) is 0 Å². The first kappa shape index (κ1) is 11.3. The highest BCUT2D eigenvalue weighted by atomic mass is 16.5. The third kappa shape index (κ3) is 2.87. The lowest BCUT2D eigenvalue weighted by Crippen LogP contribution is -2.00. The smallest absolute Gasteiger partial charge is 0.219 e. The van der Waals surface area contributed by atoms with E-state index in [2.05, 4.69) is 9.97 Å². The standard InChI is InChI=1S/C13H12N2O2/c1-2-12(16)11-9-10(6-8-14-11)17-13-5-3-4-7-15-13/h3-9H,2H2,1H3. The Labute approximate surface area is 99.3 Å². The highest BCUT2D eigenvalue weighted by Gasteiger charge is 2.06. The Kier molecular flexibility index (Phi) is 3.45. The highest BCUT2D eigenvalue weighted by molar-refractivity contribution is 5.94. The van der Waals surface area contributed by atoms with Gasteiger partial charge in [-0.3, -0.25) is 9.78 Å². The Morgan fingerprint density at radius 1 is 1.24 bits per heavy atom. The van der Waals surface area contributed by atoms with Gasteiger partial charge in [0.15, 0.2) is 5.78 Å². The Morgan fingerprint density at radius 3 is 2.82 bits per heavy atom. The van der Waals surface area contributed by atoms with Crippen LogP contribution >= 0.6 is 0 Å². The summed E-state index contributed by atoms with van der Waals surface area (Å²) in [5.74, 6) is 1.06. The molecule has 2 aromatic rings. The van der Waals surface area contributed by atoms with Crippen LogP contribution in [0.5, 0.6) is 11.6 Å². The summed E-state index contributed by atoms with van der Waals surface area (Å²) in [4.78, 5) is 19.5. The monoisotopic (exact) mass is 228 g/mol. The van der Waals surface area contributed by atoms with E-state index in [4.69, 9.17) is 4.74 Å². The van der Waals surface area contributed by atoms with Crippen LogP contribution in [-0.4, -0.2) is 15.8 Å². The van der Waals surface area contributed by atoms with Gasteiger partial charge in [-0.05, 0) is 12.1 Å². The van der Waals surface area contributed by atoms with E-state index in [1.54, 1.807) is 37.5 Å². The largest absolute Gasteiger partial charge is 0.439 e. The van der Waals surface area contributed by atoms with Crippen LogP contribution in [0.1, 0.15) is 23.8 Å². The molecule has 0 aliphatic heterocycles. The third-order valence-electron chi connectivity index (χ3n) is 2.20. The summed E-state index contributed by atoms with van der Waals surface area (Å²) in [5, 5.41) is 0. The lowest BCUT2D eigenvalue weighted by atomic mass is 10.2. The first-order chi connectivity index (χ1) is 8.29. The molecule has 86 valence electrons. The number of nitrogens with zero attached hydrogens (tertiary/aromatic N) is 2. The van der Waals surface area contributed by atoms with Crippen molar-refractivity contribution in [3.63, 3.8) is 0 Å². The number of pyridine rings is 2. The zero-order valence-electron chi connectivity index (χ0n) is 9.46. The molecule has 0 unspecified atom stereocenters. The number of hydrogen-bond donors (Lipinski definition) is 0. The molecule has 0 atom stereocenters. The predicted octanol–water partition coefficient (Wildman–Crippen LogP) is 2.86. The van der Waals surface area contributed by atoms with Gasteiger partial charge in [0.2, 0.25) is 5.88 Å². The van der Waals surface area contributed by atoms with Crippen LogP contribution in [0.15, 0.2) is 42.7 Å². The molecular formula is C13H12N2O2. The Morgan fingerprint density at radius 2 is 2.12 bits per heavy atom. The van der Waals surface area contributed by atoms with Gasteiger partial charge in [0.05, 0.1) is 0 Å². The fourth-order valence-electron chi connectivity index (χ4n) is 1.34. The van der Waals surface area contributed by atoms with E-state index < -0.39 is 0 Å². The number of aromatic nitrogens is 2. The molecule has 2 heterocycles. The summed E-state index contributed by atoms with van der Waals surface area (Å²) in [5.41, 5.74) is 0.418. The normalized spacial score (nSPS) is 9.94. The zero-order chi connectivity index (χ0) is 12.1. The second-order valence-electron chi connectivity index (χ2n) is 3.42. The molecular weight excluding hydrogens is 216 g/mol. The van der Waals surface area contributed by atoms with Gasteiger partial charge < -0.3 is 4.74 Å². The highest BCUT2D eigenvalue weighted by Crippen LogP contribution is 2.19. The van der Waals surface area contributed by atoms with Crippen molar-refractivity contribution in [3.05, 3.63) is 48.4 Å². The minimum atomic E-state index is -0.00327. The van der Waals surface area contributed by atoms with Gasteiger partial charge in [0, 0.05) is 30.9 Å². The molecule has 0 fully saturated rings. The molecule has 0 aliphatic carbocycles. The molecule has 4 heteroatoms. The van der Waals surface area contributed by atoms with Crippen molar-refractivity contribution in [2.45, 2.75) is 13.3 Å². The molecule has 4 nitrogen and oxygen atoms in total. The van der Waals surface area contributed by atoms with E-state index in [1.807, 2.05) is 12.1 Å². The van der Waals surface area contributed by atoms with E-state index in [0.717, 1.165) is 0 Å². The van der Waals surface area contributed by atoms with Crippen LogP contribution in [0.3, 0.4) is 0 Å². The molecule has 0 bridgehead atoms. The zero-order valence-corrected chi connectivity index (χ0v) is 9.46. The van der Waals surface area contributed by atoms with Gasteiger partial charge in [0.25, 0.3) is 0 Å². The number of ketones is 1. The van der Waals surface area contributed by atoms with Crippen molar-refractivity contribution in [1.82, 2.24) is 9.97 Å². The van der Waals surface area contributed by atoms with Crippen LogP contribution < -0.4 is 4.74 Å². The first-order valence-electron chi connectivity index (χ1n) is 5.37. The number of carbonyl (C=O) groups is 1. The lowest BCUT2D eigenvalue weighted by Gasteiger charge is -2.04. The molecule has 0 aromatic carbocycles.